The normalized spacial score (nSPS) is 11.2. The van der Waals surface area contributed by atoms with E-state index in [2.05, 4.69) is 16.0 Å². The van der Waals surface area contributed by atoms with Gasteiger partial charge >= 0.3 is 5.97 Å². The monoisotopic (exact) mass is 289 g/mol. The van der Waals surface area contributed by atoms with E-state index in [-0.39, 0.29) is 16.3 Å². The number of hydrogen-bond acceptors (Lipinski definition) is 5. The highest BCUT2D eigenvalue weighted by Gasteiger charge is 2.26. The summed E-state index contributed by atoms with van der Waals surface area (Å²) in [5.41, 5.74) is 0.534. The Morgan fingerprint density at radius 2 is 2.28 bits per heavy atom. The van der Waals surface area contributed by atoms with Crippen molar-refractivity contribution >= 4 is 27.3 Å². The quantitative estimate of drug-likeness (QED) is 0.491. The van der Waals surface area contributed by atoms with E-state index >= 15 is 0 Å². The molecule has 0 amide bonds. The van der Waals surface area contributed by atoms with Crippen molar-refractivity contribution in [1.82, 2.24) is 4.72 Å². The fourth-order valence-electron chi connectivity index (χ4n) is 1.37. The van der Waals surface area contributed by atoms with Gasteiger partial charge in [-0.15, -0.1) is 17.9 Å². The summed E-state index contributed by atoms with van der Waals surface area (Å²) in [6, 6.07) is 0. The van der Waals surface area contributed by atoms with Gasteiger partial charge < -0.3 is 4.74 Å². The van der Waals surface area contributed by atoms with Crippen LogP contribution in [0.15, 0.2) is 22.9 Å². The molecule has 18 heavy (non-hydrogen) atoms. The smallest absolute Gasteiger partial charge is 0.349 e. The van der Waals surface area contributed by atoms with Crippen molar-refractivity contribution < 1.29 is 17.9 Å². The number of rotatable bonds is 6. The lowest BCUT2D eigenvalue weighted by Gasteiger charge is -2.07. The van der Waals surface area contributed by atoms with Gasteiger partial charge in [-0.2, -0.15) is 0 Å². The van der Waals surface area contributed by atoms with E-state index in [1.807, 2.05) is 0 Å². The zero-order valence-corrected chi connectivity index (χ0v) is 11.9. The van der Waals surface area contributed by atoms with Crippen molar-refractivity contribution in [3.05, 3.63) is 28.5 Å². The Bertz CT molecular complexity index is 545. The lowest BCUT2D eigenvalue weighted by atomic mass is 10.3. The van der Waals surface area contributed by atoms with E-state index in [1.54, 1.807) is 18.4 Å². The van der Waals surface area contributed by atoms with Gasteiger partial charge in [0.15, 0.2) is 0 Å². The average Bonchev–Trinajstić information content (AvgIpc) is 2.71. The molecule has 1 N–H and O–H groups in total. The molecule has 1 aromatic heterocycles. The third-order valence-electron chi connectivity index (χ3n) is 2.20. The number of ether oxygens (including phenoxy) is 1. The minimum atomic E-state index is -3.69. The summed E-state index contributed by atoms with van der Waals surface area (Å²) in [4.78, 5) is 11.6. The second-order valence-corrected chi connectivity index (χ2v) is 6.13. The van der Waals surface area contributed by atoms with Crippen LogP contribution in [0.4, 0.5) is 0 Å². The number of esters is 1. The third-order valence-corrected chi connectivity index (χ3v) is 5.05. The van der Waals surface area contributed by atoms with Crippen LogP contribution in [0, 0.1) is 6.92 Å². The Morgan fingerprint density at radius 3 is 2.83 bits per heavy atom. The molecule has 5 nitrogen and oxygen atoms in total. The maximum absolute atomic E-state index is 12.1. The first kappa shape index (κ1) is 14.9. The number of nitrogens with one attached hydrogen (secondary N) is 1. The van der Waals surface area contributed by atoms with Crippen LogP contribution in [-0.2, 0) is 14.8 Å². The summed E-state index contributed by atoms with van der Waals surface area (Å²) in [5, 5.41) is 1.62. The van der Waals surface area contributed by atoms with Gasteiger partial charge in [0.1, 0.15) is 9.77 Å². The number of hydrogen-bond donors (Lipinski definition) is 1. The Balaban J connectivity index is 3.11. The average molecular weight is 289 g/mol. The molecular formula is C11H15NO4S2. The molecular weight excluding hydrogens is 274 g/mol. The predicted octanol–water partition coefficient (Wildman–Crippen LogP) is 1.70. The molecule has 0 fully saturated rings. The minimum absolute atomic E-state index is 0.00316. The Kier molecular flexibility index (Phi) is 5.06. The van der Waals surface area contributed by atoms with Gasteiger partial charge in [-0.05, 0) is 24.3 Å². The molecule has 0 bridgehead atoms. The van der Waals surface area contributed by atoms with E-state index in [1.165, 1.54) is 7.11 Å². The Morgan fingerprint density at radius 1 is 1.61 bits per heavy atom. The molecule has 0 spiro atoms. The molecule has 0 aliphatic carbocycles. The second kappa shape index (κ2) is 6.12. The lowest BCUT2D eigenvalue weighted by Crippen LogP contribution is -2.26. The van der Waals surface area contributed by atoms with Gasteiger partial charge in [-0.25, -0.2) is 17.9 Å². The highest BCUT2D eigenvalue weighted by Crippen LogP contribution is 2.27. The zero-order valence-electron chi connectivity index (χ0n) is 10.2. The molecule has 0 aliphatic heterocycles. The van der Waals surface area contributed by atoms with Crippen LogP contribution in [0.5, 0.6) is 0 Å². The number of sulfonamides is 1. The summed E-state index contributed by atoms with van der Waals surface area (Å²) in [7, 11) is -2.47. The number of methoxy groups -OCH3 is 1. The summed E-state index contributed by atoms with van der Waals surface area (Å²) in [6.07, 6.45) is 2.14. The number of carbonyl (C=O) groups excluding carboxylic acids is 1. The van der Waals surface area contributed by atoms with Crippen molar-refractivity contribution in [2.45, 2.75) is 18.2 Å². The second-order valence-electron chi connectivity index (χ2n) is 3.54. The Hall–Kier alpha value is -1.18. The van der Waals surface area contributed by atoms with Gasteiger partial charge in [-0.3, -0.25) is 0 Å². The van der Waals surface area contributed by atoms with Crippen LogP contribution < -0.4 is 4.72 Å². The van der Waals surface area contributed by atoms with Crippen LogP contribution >= 0.6 is 11.3 Å². The topological polar surface area (TPSA) is 72.5 Å². The molecule has 7 heteroatoms. The summed E-state index contributed by atoms with van der Waals surface area (Å²) in [5.74, 6) is -0.641. The molecule has 0 radical (unpaired) electrons. The molecule has 0 saturated heterocycles. The Labute approximate surface area is 111 Å². The third kappa shape index (κ3) is 3.18. The number of carbonyl (C=O) groups is 1. The van der Waals surface area contributed by atoms with E-state index in [4.69, 9.17) is 0 Å². The van der Waals surface area contributed by atoms with Crippen LogP contribution in [0.3, 0.4) is 0 Å². The summed E-state index contributed by atoms with van der Waals surface area (Å²) in [6.45, 7) is 5.41. The maximum Gasteiger partial charge on any atom is 0.349 e. The van der Waals surface area contributed by atoms with E-state index < -0.39 is 16.0 Å². The molecule has 100 valence electrons. The molecule has 1 aromatic rings. The van der Waals surface area contributed by atoms with Crippen molar-refractivity contribution in [2.75, 3.05) is 13.7 Å². The molecule has 1 heterocycles. The van der Waals surface area contributed by atoms with Gasteiger partial charge in [0.05, 0.1) is 7.11 Å². The number of aryl methyl sites for hydroxylation is 1. The largest absolute Gasteiger partial charge is 0.465 e. The SMILES string of the molecule is C=CCCNS(=O)(=O)c1c(C)csc1C(=O)OC. The van der Waals surface area contributed by atoms with Gasteiger partial charge in [0, 0.05) is 6.54 Å². The molecule has 0 saturated carbocycles. The summed E-state index contributed by atoms with van der Waals surface area (Å²) >= 11 is 1.06. The van der Waals surface area contributed by atoms with Crippen molar-refractivity contribution in [3.63, 3.8) is 0 Å². The first-order chi connectivity index (χ1) is 8.44. The van der Waals surface area contributed by atoms with Crippen molar-refractivity contribution in [2.24, 2.45) is 0 Å². The van der Waals surface area contributed by atoms with Gasteiger partial charge in [0.25, 0.3) is 0 Å². The maximum atomic E-state index is 12.1. The zero-order chi connectivity index (χ0) is 13.8. The molecule has 0 unspecified atom stereocenters. The standard InChI is InChI=1S/C11H15NO4S2/c1-4-5-6-12-18(14,15)10-8(2)7-17-9(10)11(13)16-3/h4,7,12H,1,5-6H2,2-3H3. The van der Waals surface area contributed by atoms with Crippen LogP contribution in [0.2, 0.25) is 0 Å². The fourth-order valence-corrected chi connectivity index (χ4v) is 4.12. The van der Waals surface area contributed by atoms with Crippen molar-refractivity contribution in [3.8, 4) is 0 Å². The number of thiophene rings is 1. The fraction of sp³-hybridized carbons (Fsp3) is 0.364. The first-order valence-corrected chi connectivity index (χ1v) is 7.57. The first-order valence-electron chi connectivity index (χ1n) is 5.21. The van der Waals surface area contributed by atoms with Gasteiger partial charge in [0.2, 0.25) is 10.0 Å². The molecule has 1 rings (SSSR count). The van der Waals surface area contributed by atoms with E-state index in [0.717, 1.165) is 11.3 Å². The lowest BCUT2D eigenvalue weighted by molar-refractivity contribution is 0.0602. The van der Waals surface area contributed by atoms with E-state index in [9.17, 15) is 13.2 Å². The molecule has 0 aromatic carbocycles. The minimum Gasteiger partial charge on any atom is -0.465 e. The predicted molar refractivity (Wildman–Crippen MR) is 70.4 cm³/mol. The molecule has 0 atom stereocenters. The highest BCUT2D eigenvalue weighted by molar-refractivity contribution is 7.89. The van der Waals surface area contributed by atoms with Gasteiger partial charge in [-0.1, -0.05) is 6.08 Å². The molecule has 0 aliphatic rings. The van der Waals surface area contributed by atoms with Crippen LogP contribution in [-0.4, -0.2) is 28.0 Å². The van der Waals surface area contributed by atoms with Crippen LogP contribution in [0.1, 0.15) is 21.7 Å². The van der Waals surface area contributed by atoms with Crippen LogP contribution in [0.25, 0.3) is 0 Å². The van der Waals surface area contributed by atoms with E-state index in [0.29, 0.717) is 12.0 Å². The highest BCUT2D eigenvalue weighted by atomic mass is 32.2. The summed E-state index contributed by atoms with van der Waals surface area (Å²) < 4.78 is 31.2. The van der Waals surface area contributed by atoms with Crippen molar-refractivity contribution in [1.29, 1.82) is 0 Å².